The summed E-state index contributed by atoms with van der Waals surface area (Å²) in [5.41, 5.74) is 0. The molecule has 14 heavy (non-hydrogen) atoms. The van der Waals surface area contributed by atoms with Gasteiger partial charge in [0.25, 0.3) is 0 Å². The molecule has 0 N–H and O–H groups in total. The molecule has 1 fully saturated rings. The van der Waals surface area contributed by atoms with E-state index in [-0.39, 0.29) is 6.09 Å². The monoisotopic (exact) mass is 307 g/mol. The number of carbonyl (C=O) groups is 1. The Bertz CT molecular complexity index is 340. The number of rotatable bonds is 1. The number of likely N-dealkylation sites (tertiary alicyclic amines) is 1. The first-order valence-electron chi connectivity index (χ1n) is 4.33. The number of halogens is 1. The number of amides is 1. The zero-order valence-corrected chi connectivity index (χ0v) is 9.89. The van der Waals surface area contributed by atoms with Gasteiger partial charge in [-0.2, -0.15) is 0 Å². The molecule has 0 bridgehead atoms. The first-order chi connectivity index (χ1) is 6.66. The molecule has 0 atom stereocenters. The van der Waals surface area contributed by atoms with Gasteiger partial charge >= 0.3 is 6.09 Å². The Labute approximate surface area is 95.2 Å². The van der Waals surface area contributed by atoms with Gasteiger partial charge in [0, 0.05) is 26.2 Å². The van der Waals surface area contributed by atoms with Crippen LogP contribution in [0.2, 0.25) is 0 Å². The Morgan fingerprint density at radius 3 is 2.79 bits per heavy atom. The Hall–Kier alpha value is -0.790. The molecule has 0 saturated carbocycles. The average molecular weight is 307 g/mol. The van der Waals surface area contributed by atoms with Crippen molar-refractivity contribution in [2.24, 2.45) is 7.05 Å². The molecule has 1 aliphatic rings. The molecule has 0 radical (unpaired) electrons. The zero-order valence-electron chi connectivity index (χ0n) is 7.73. The van der Waals surface area contributed by atoms with E-state index >= 15 is 0 Å². The molecule has 1 amide bonds. The van der Waals surface area contributed by atoms with E-state index in [4.69, 9.17) is 4.74 Å². The summed E-state index contributed by atoms with van der Waals surface area (Å²) in [6.07, 6.45) is 0.764. The molecular weight excluding hydrogens is 297 g/mol. The lowest BCUT2D eigenvalue weighted by Gasteiger charge is -2.29. The van der Waals surface area contributed by atoms with Crippen LogP contribution < -0.4 is 4.74 Å². The van der Waals surface area contributed by atoms with Crippen molar-refractivity contribution in [2.45, 2.75) is 6.42 Å². The highest BCUT2D eigenvalue weighted by atomic mass is 127. The van der Waals surface area contributed by atoms with Crippen LogP contribution in [0.3, 0.4) is 0 Å². The van der Waals surface area contributed by atoms with E-state index in [0.29, 0.717) is 5.88 Å². The zero-order chi connectivity index (χ0) is 10.1. The van der Waals surface area contributed by atoms with E-state index in [1.165, 1.54) is 0 Å². The fraction of sp³-hybridized carbons (Fsp3) is 0.500. The van der Waals surface area contributed by atoms with E-state index in [0.717, 1.165) is 23.2 Å². The van der Waals surface area contributed by atoms with E-state index in [2.05, 4.69) is 27.7 Å². The predicted molar refractivity (Wildman–Crippen MR) is 58.1 cm³/mol. The molecule has 0 aromatic carbocycles. The van der Waals surface area contributed by atoms with E-state index in [9.17, 15) is 4.79 Å². The van der Waals surface area contributed by atoms with Gasteiger partial charge in [0.05, 0.1) is 0 Å². The molecular formula is C8H10IN3O2. The van der Waals surface area contributed by atoms with Crippen LogP contribution in [-0.4, -0.2) is 33.9 Å². The standard InChI is InChI=1S/C8H10IN3O2/c1-11-6(9)5-7(10-11)14-8(13)12-3-2-4-12/h5H,2-4H2,1H3. The summed E-state index contributed by atoms with van der Waals surface area (Å²) in [5.74, 6) is 0.369. The third kappa shape index (κ3) is 1.84. The van der Waals surface area contributed by atoms with Gasteiger partial charge in [0.1, 0.15) is 3.70 Å². The number of nitrogens with zero attached hydrogens (tertiary/aromatic N) is 3. The molecule has 6 heteroatoms. The quantitative estimate of drug-likeness (QED) is 0.733. The number of hydrogen-bond donors (Lipinski definition) is 0. The molecule has 1 aromatic rings. The topological polar surface area (TPSA) is 47.4 Å². The van der Waals surface area contributed by atoms with Crippen molar-refractivity contribution in [3.05, 3.63) is 9.77 Å². The lowest BCUT2D eigenvalue weighted by Crippen LogP contribution is -2.43. The average Bonchev–Trinajstić information content (AvgIpc) is 2.26. The van der Waals surface area contributed by atoms with Gasteiger partial charge in [0.2, 0.25) is 5.88 Å². The minimum atomic E-state index is -0.300. The van der Waals surface area contributed by atoms with Crippen molar-refractivity contribution >= 4 is 28.7 Å². The molecule has 1 aliphatic heterocycles. The van der Waals surface area contributed by atoms with Crippen molar-refractivity contribution in [3.8, 4) is 5.88 Å². The second-order valence-electron chi connectivity index (χ2n) is 3.14. The molecule has 0 aliphatic carbocycles. The van der Waals surface area contributed by atoms with Crippen LogP contribution in [0.5, 0.6) is 5.88 Å². The minimum absolute atomic E-state index is 0.300. The Morgan fingerprint density at radius 2 is 2.36 bits per heavy atom. The molecule has 76 valence electrons. The maximum atomic E-state index is 11.4. The van der Waals surface area contributed by atoms with Crippen LogP contribution in [0.25, 0.3) is 0 Å². The van der Waals surface area contributed by atoms with Gasteiger partial charge < -0.3 is 9.64 Å². The van der Waals surface area contributed by atoms with Crippen LogP contribution in [-0.2, 0) is 7.05 Å². The maximum Gasteiger partial charge on any atom is 0.416 e. The highest BCUT2D eigenvalue weighted by Gasteiger charge is 2.22. The van der Waals surface area contributed by atoms with Crippen molar-refractivity contribution in [3.63, 3.8) is 0 Å². The highest BCUT2D eigenvalue weighted by Crippen LogP contribution is 2.15. The summed E-state index contributed by atoms with van der Waals surface area (Å²) in [4.78, 5) is 13.0. The van der Waals surface area contributed by atoms with Gasteiger partial charge in [-0.05, 0) is 29.0 Å². The molecule has 1 saturated heterocycles. The lowest BCUT2D eigenvalue weighted by molar-refractivity contribution is 0.123. The summed E-state index contributed by atoms with van der Waals surface area (Å²) < 4.78 is 7.68. The molecule has 2 heterocycles. The third-order valence-corrected chi connectivity index (χ3v) is 3.12. The summed E-state index contributed by atoms with van der Waals surface area (Å²) in [5, 5.41) is 4.03. The van der Waals surface area contributed by atoms with Gasteiger partial charge in [-0.3, -0.25) is 4.68 Å². The third-order valence-electron chi connectivity index (χ3n) is 2.11. The summed E-state index contributed by atoms with van der Waals surface area (Å²) in [6.45, 7) is 1.59. The summed E-state index contributed by atoms with van der Waals surface area (Å²) in [6, 6.07) is 1.73. The maximum absolute atomic E-state index is 11.4. The van der Waals surface area contributed by atoms with Gasteiger partial charge in [-0.25, -0.2) is 4.79 Å². The van der Waals surface area contributed by atoms with Crippen LogP contribution in [0.15, 0.2) is 6.07 Å². The summed E-state index contributed by atoms with van der Waals surface area (Å²) >= 11 is 2.13. The van der Waals surface area contributed by atoms with Crippen molar-refractivity contribution in [1.29, 1.82) is 0 Å². The number of carbonyl (C=O) groups excluding carboxylic acids is 1. The lowest BCUT2D eigenvalue weighted by atomic mass is 10.2. The number of ether oxygens (including phenoxy) is 1. The van der Waals surface area contributed by atoms with Gasteiger partial charge in [-0.1, -0.05) is 0 Å². The Morgan fingerprint density at radius 1 is 1.64 bits per heavy atom. The number of aromatic nitrogens is 2. The van der Waals surface area contributed by atoms with Gasteiger partial charge in [0.15, 0.2) is 0 Å². The number of aryl methyl sites for hydroxylation is 1. The second-order valence-corrected chi connectivity index (χ2v) is 4.24. The van der Waals surface area contributed by atoms with E-state index < -0.39 is 0 Å². The summed E-state index contributed by atoms with van der Waals surface area (Å²) in [7, 11) is 1.81. The molecule has 2 rings (SSSR count). The fourth-order valence-corrected chi connectivity index (χ4v) is 1.50. The van der Waals surface area contributed by atoms with Crippen LogP contribution >= 0.6 is 22.6 Å². The first kappa shape index (κ1) is 9.75. The van der Waals surface area contributed by atoms with Crippen molar-refractivity contribution in [1.82, 2.24) is 14.7 Å². The van der Waals surface area contributed by atoms with E-state index in [1.54, 1.807) is 15.6 Å². The minimum Gasteiger partial charge on any atom is -0.389 e. The first-order valence-corrected chi connectivity index (χ1v) is 5.41. The van der Waals surface area contributed by atoms with Crippen LogP contribution in [0, 0.1) is 3.70 Å². The molecule has 0 unspecified atom stereocenters. The largest absolute Gasteiger partial charge is 0.416 e. The number of hydrogen-bond acceptors (Lipinski definition) is 3. The smallest absolute Gasteiger partial charge is 0.389 e. The molecule has 0 spiro atoms. The molecule has 1 aromatic heterocycles. The van der Waals surface area contributed by atoms with Gasteiger partial charge in [-0.15, -0.1) is 5.10 Å². The predicted octanol–water partition coefficient (Wildman–Crippen LogP) is 1.23. The fourth-order valence-electron chi connectivity index (χ4n) is 1.12. The Kier molecular flexibility index (Phi) is 2.62. The SMILES string of the molecule is Cn1nc(OC(=O)N2CCC2)cc1I. The Balaban J connectivity index is 1.99. The second kappa shape index (κ2) is 3.76. The van der Waals surface area contributed by atoms with E-state index in [1.807, 2.05) is 7.05 Å². The normalized spacial score (nSPS) is 15.1. The van der Waals surface area contributed by atoms with Crippen molar-refractivity contribution in [2.75, 3.05) is 13.1 Å². The van der Waals surface area contributed by atoms with Crippen molar-refractivity contribution < 1.29 is 9.53 Å². The van der Waals surface area contributed by atoms with Crippen LogP contribution in [0.4, 0.5) is 4.79 Å². The highest BCUT2D eigenvalue weighted by molar-refractivity contribution is 14.1. The van der Waals surface area contributed by atoms with Crippen LogP contribution in [0.1, 0.15) is 6.42 Å². The molecule has 5 nitrogen and oxygen atoms in total.